The number of sulfonamides is 1. The first kappa shape index (κ1) is 17.7. The molecule has 1 fully saturated rings. The zero-order valence-corrected chi connectivity index (χ0v) is 14.5. The predicted molar refractivity (Wildman–Crippen MR) is 88.0 cm³/mol. The van der Waals surface area contributed by atoms with Crippen LogP contribution in [0.5, 0.6) is 5.75 Å². The monoisotopic (exact) mass is 340 g/mol. The van der Waals surface area contributed by atoms with Crippen LogP contribution in [0.15, 0.2) is 23.1 Å². The highest BCUT2D eigenvalue weighted by molar-refractivity contribution is 7.89. The van der Waals surface area contributed by atoms with Crippen LogP contribution in [0.4, 0.5) is 0 Å². The Bertz CT molecular complexity index is 652. The summed E-state index contributed by atoms with van der Waals surface area (Å²) in [5.74, 6) is 0.509. The number of amides is 1. The van der Waals surface area contributed by atoms with Gasteiger partial charge >= 0.3 is 0 Å². The van der Waals surface area contributed by atoms with Gasteiger partial charge in [0.1, 0.15) is 5.75 Å². The molecule has 23 heavy (non-hydrogen) atoms. The molecule has 128 valence electrons. The second kappa shape index (κ2) is 7.79. The molecule has 0 saturated carbocycles. The van der Waals surface area contributed by atoms with E-state index in [9.17, 15) is 13.2 Å². The van der Waals surface area contributed by atoms with Crippen molar-refractivity contribution in [1.29, 1.82) is 0 Å². The van der Waals surface area contributed by atoms with Gasteiger partial charge in [-0.1, -0.05) is 6.92 Å². The maximum absolute atomic E-state index is 12.1. The third kappa shape index (κ3) is 4.68. The zero-order chi connectivity index (χ0) is 16.9. The van der Waals surface area contributed by atoms with Crippen molar-refractivity contribution in [2.24, 2.45) is 0 Å². The van der Waals surface area contributed by atoms with Crippen LogP contribution in [-0.2, 0) is 14.8 Å². The van der Waals surface area contributed by atoms with Gasteiger partial charge in [0, 0.05) is 19.6 Å². The summed E-state index contributed by atoms with van der Waals surface area (Å²) in [7, 11) is -3.49. The summed E-state index contributed by atoms with van der Waals surface area (Å²) < 4.78 is 32.2. The number of likely N-dealkylation sites (tertiary alicyclic amines) is 1. The topological polar surface area (TPSA) is 75.7 Å². The molecule has 0 unspecified atom stereocenters. The van der Waals surface area contributed by atoms with E-state index >= 15 is 0 Å². The summed E-state index contributed by atoms with van der Waals surface area (Å²) in [4.78, 5) is 14.0. The molecule has 6 nitrogen and oxygen atoms in total. The number of nitrogens with zero attached hydrogens (tertiary/aromatic N) is 1. The van der Waals surface area contributed by atoms with Gasteiger partial charge in [0.2, 0.25) is 10.0 Å². The average molecular weight is 340 g/mol. The largest absolute Gasteiger partial charge is 0.483 e. The Labute approximate surface area is 137 Å². The number of ether oxygens (including phenoxy) is 1. The van der Waals surface area contributed by atoms with E-state index in [0.29, 0.717) is 17.9 Å². The number of hydrogen-bond acceptors (Lipinski definition) is 4. The van der Waals surface area contributed by atoms with Crippen molar-refractivity contribution < 1.29 is 17.9 Å². The molecule has 1 heterocycles. The Morgan fingerprint density at radius 2 is 2.00 bits per heavy atom. The van der Waals surface area contributed by atoms with Gasteiger partial charge in [0.25, 0.3) is 5.91 Å². The summed E-state index contributed by atoms with van der Waals surface area (Å²) in [6.07, 6.45) is 2.82. The smallest absolute Gasteiger partial charge is 0.260 e. The fraction of sp³-hybridized carbons (Fsp3) is 0.562. The maximum atomic E-state index is 12.1. The number of rotatable bonds is 7. The van der Waals surface area contributed by atoms with E-state index in [1.165, 1.54) is 6.07 Å². The summed E-state index contributed by atoms with van der Waals surface area (Å²) in [6, 6.07) is 4.67. The van der Waals surface area contributed by atoms with Crippen LogP contribution in [-0.4, -0.2) is 45.5 Å². The van der Waals surface area contributed by atoms with Gasteiger partial charge in [0.15, 0.2) is 6.61 Å². The predicted octanol–water partition coefficient (Wildman–Crippen LogP) is 1.68. The number of carbonyl (C=O) groups excluding carboxylic acids is 1. The van der Waals surface area contributed by atoms with Crippen LogP contribution >= 0.6 is 0 Å². The third-order valence-corrected chi connectivity index (χ3v) is 5.27. The molecule has 1 saturated heterocycles. The van der Waals surface area contributed by atoms with Gasteiger partial charge in [-0.2, -0.15) is 0 Å². The quantitative estimate of drug-likeness (QED) is 0.819. The molecule has 1 aliphatic heterocycles. The number of nitrogens with one attached hydrogen (secondary N) is 1. The van der Waals surface area contributed by atoms with Crippen molar-refractivity contribution in [3.8, 4) is 5.75 Å². The third-order valence-electron chi connectivity index (χ3n) is 3.81. The molecule has 0 bridgehead atoms. The van der Waals surface area contributed by atoms with E-state index in [-0.39, 0.29) is 17.4 Å². The fourth-order valence-corrected chi connectivity index (χ4v) is 3.69. The van der Waals surface area contributed by atoms with Gasteiger partial charge in [-0.05, 0) is 49.9 Å². The van der Waals surface area contributed by atoms with Crippen LogP contribution in [0.3, 0.4) is 0 Å². The lowest BCUT2D eigenvalue weighted by atomic mass is 10.2. The molecular formula is C16H24N2O4S. The van der Waals surface area contributed by atoms with Gasteiger partial charge in [-0.15, -0.1) is 0 Å². The molecule has 0 atom stereocenters. The number of hydrogen-bond donors (Lipinski definition) is 1. The molecule has 1 aliphatic rings. The molecule has 0 aliphatic carbocycles. The van der Waals surface area contributed by atoms with Gasteiger partial charge in [-0.25, -0.2) is 13.1 Å². The second-order valence-corrected chi connectivity index (χ2v) is 7.47. The maximum Gasteiger partial charge on any atom is 0.260 e. The second-order valence-electron chi connectivity index (χ2n) is 5.70. The molecule has 0 radical (unpaired) electrons. The first-order valence-electron chi connectivity index (χ1n) is 7.95. The Kier molecular flexibility index (Phi) is 6.01. The lowest BCUT2D eigenvalue weighted by Crippen LogP contribution is -2.32. The van der Waals surface area contributed by atoms with Crippen LogP contribution in [0.2, 0.25) is 0 Å². The minimum absolute atomic E-state index is 0.0129. The van der Waals surface area contributed by atoms with Gasteiger partial charge in [0.05, 0.1) is 4.90 Å². The van der Waals surface area contributed by atoms with Crippen molar-refractivity contribution in [2.45, 2.75) is 38.0 Å². The number of aryl methyl sites for hydroxylation is 1. The van der Waals surface area contributed by atoms with E-state index in [1.807, 2.05) is 6.92 Å². The summed E-state index contributed by atoms with van der Waals surface area (Å²) in [5.41, 5.74) is 0.693. The Balaban J connectivity index is 2.00. The zero-order valence-electron chi connectivity index (χ0n) is 13.7. The normalized spacial score (nSPS) is 15.0. The number of benzene rings is 1. The van der Waals surface area contributed by atoms with E-state index in [1.54, 1.807) is 24.0 Å². The average Bonchev–Trinajstić information content (AvgIpc) is 3.06. The molecule has 1 aromatic carbocycles. The molecule has 0 aromatic heterocycles. The first-order valence-corrected chi connectivity index (χ1v) is 9.43. The van der Waals surface area contributed by atoms with E-state index in [2.05, 4.69) is 4.72 Å². The van der Waals surface area contributed by atoms with Gasteiger partial charge < -0.3 is 9.64 Å². The van der Waals surface area contributed by atoms with Crippen molar-refractivity contribution in [1.82, 2.24) is 9.62 Å². The first-order chi connectivity index (χ1) is 10.9. The highest BCUT2D eigenvalue weighted by Gasteiger charge is 2.19. The van der Waals surface area contributed by atoms with Crippen molar-refractivity contribution in [3.63, 3.8) is 0 Å². The molecule has 7 heteroatoms. The van der Waals surface area contributed by atoms with Crippen LogP contribution in [0, 0.1) is 6.92 Å². The summed E-state index contributed by atoms with van der Waals surface area (Å²) in [5, 5.41) is 0. The van der Waals surface area contributed by atoms with Crippen molar-refractivity contribution in [2.75, 3.05) is 26.2 Å². The Morgan fingerprint density at radius 1 is 1.30 bits per heavy atom. The standard InChI is InChI=1S/C16H24N2O4S/c1-3-8-17-23(20,21)14-6-7-15(13(2)11-14)22-12-16(19)18-9-4-5-10-18/h6-7,11,17H,3-5,8-10,12H2,1-2H3. The highest BCUT2D eigenvalue weighted by Crippen LogP contribution is 2.22. The van der Waals surface area contributed by atoms with E-state index < -0.39 is 10.0 Å². The van der Waals surface area contributed by atoms with E-state index in [0.717, 1.165) is 32.4 Å². The minimum atomic E-state index is -3.49. The van der Waals surface area contributed by atoms with Gasteiger partial charge in [-0.3, -0.25) is 4.79 Å². The van der Waals surface area contributed by atoms with Crippen LogP contribution < -0.4 is 9.46 Å². The molecule has 1 N–H and O–H groups in total. The van der Waals surface area contributed by atoms with Crippen molar-refractivity contribution in [3.05, 3.63) is 23.8 Å². The highest BCUT2D eigenvalue weighted by atomic mass is 32.2. The lowest BCUT2D eigenvalue weighted by molar-refractivity contribution is -0.132. The van der Waals surface area contributed by atoms with Crippen molar-refractivity contribution >= 4 is 15.9 Å². The SMILES string of the molecule is CCCNS(=O)(=O)c1ccc(OCC(=O)N2CCCC2)c(C)c1. The van der Waals surface area contributed by atoms with E-state index in [4.69, 9.17) is 4.74 Å². The molecule has 1 amide bonds. The minimum Gasteiger partial charge on any atom is -0.483 e. The van der Waals surface area contributed by atoms with Crippen LogP contribution in [0.25, 0.3) is 0 Å². The molecule has 0 spiro atoms. The summed E-state index contributed by atoms with van der Waals surface area (Å²) in [6.45, 7) is 5.66. The molecule has 1 aromatic rings. The number of carbonyl (C=O) groups is 1. The molecular weight excluding hydrogens is 316 g/mol. The van der Waals surface area contributed by atoms with Crippen LogP contribution in [0.1, 0.15) is 31.7 Å². The lowest BCUT2D eigenvalue weighted by Gasteiger charge is -2.16. The molecule has 2 rings (SSSR count). The Morgan fingerprint density at radius 3 is 2.61 bits per heavy atom. The summed E-state index contributed by atoms with van der Waals surface area (Å²) >= 11 is 0. The fourth-order valence-electron chi connectivity index (χ4n) is 2.47. The Hall–Kier alpha value is -1.60.